The van der Waals surface area contributed by atoms with E-state index in [9.17, 15) is 9.35 Å². The molecule has 3 rings (SSSR count). The number of carbonyl (C=O) groups is 1. The minimum Gasteiger partial charge on any atom is -0.591 e. The van der Waals surface area contributed by atoms with Gasteiger partial charge in [0.2, 0.25) is 5.88 Å². The molecule has 0 saturated carbocycles. The zero-order chi connectivity index (χ0) is 17.5. The molecule has 1 aromatic heterocycles. The van der Waals surface area contributed by atoms with Gasteiger partial charge in [-0.2, -0.15) is 0 Å². The molecule has 0 aliphatic carbocycles. The van der Waals surface area contributed by atoms with Crippen LogP contribution in [0.1, 0.15) is 39.2 Å². The highest BCUT2D eigenvalue weighted by Crippen LogP contribution is 2.41. The second-order valence-corrected chi connectivity index (χ2v) is 8.93. The zero-order valence-corrected chi connectivity index (χ0v) is 14.8. The summed E-state index contributed by atoms with van der Waals surface area (Å²) < 4.78 is 22.7. The standard InChI is InChI=1S/C16H21N3O4S/c1-15(2,3)24(22)18-12-11-5-4-8-17-13(11)23-16(12)6-9-19(10-7-16)14(20)21/h4-5,8H,6-7,9-10H2,1-3H3,(H,20,21)/b18-12+/t24-/m1/s1. The lowest BCUT2D eigenvalue weighted by atomic mass is 9.85. The summed E-state index contributed by atoms with van der Waals surface area (Å²) in [7, 11) is 0. The Morgan fingerprint density at radius 2 is 2.12 bits per heavy atom. The van der Waals surface area contributed by atoms with E-state index in [0.29, 0.717) is 37.5 Å². The third kappa shape index (κ3) is 2.95. The molecular formula is C16H21N3O4S. The minimum absolute atomic E-state index is 0.352. The lowest BCUT2D eigenvalue weighted by Gasteiger charge is -2.37. The van der Waals surface area contributed by atoms with Gasteiger partial charge >= 0.3 is 6.09 Å². The van der Waals surface area contributed by atoms with Crippen LogP contribution in [-0.4, -0.2) is 54.8 Å². The van der Waals surface area contributed by atoms with Gasteiger partial charge in [-0.15, -0.1) is 0 Å². The van der Waals surface area contributed by atoms with Gasteiger partial charge in [0, 0.05) is 32.1 Å². The van der Waals surface area contributed by atoms with Gasteiger partial charge in [-0.3, -0.25) is 0 Å². The topological polar surface area (TPSA) is 98.1 Å². The molecule has 8 heteroatoms. The summed E-state index contributed by atoms with van der Waals surface area (Å²) in [5.41, 5.74) is 0.631. The lowest BCUT2D eigenvalue weighted by Crippen LogP contribution is -2.52. The predicted molar refractivity (Wildman–Crippen MR) is 90.9 cm³/mol. The summed E-state index contributed by atoms with van der Waals surface area (Å²) >= 11 is -1.43. The van der Waals surface area contributed by atoms with Gasteiger partial charge in [-0.25, -0.2) is 9.78 Å². The van der Waals surface area contributed by atoms with Crippen LogP contribution in [-0.2, 0) is 11.4 Å². The van der Waals surface area contributed by atoms with E-state index >= 15 is 0 Å². The Kier molecular flexibility index (Phi) is 4.21. The zero-order valence-electron chi connectivity index (χ0n) is 14.0. The second kappa shape index (κ2) is 5.93. The third-order valence-electron chi connectivity index (χ3n) is 4.29. The fourth-order valence-electron chi connectivity index (χ4n) is 2.88. The average Bonchev–Trinajstić information content (AvgIpc) is 2.80. The van der Waals surface area contributed by atoms with E-state index in [1.165, 1.54) is 4.90 Å². The van der Waals surface area contributed by atoms with Crippen LogP contribution in [0, 0.1) is 0 Å². The molecule has 0 aromatic carbocycles. The van der Waals surface area contributed by atoms with Crippen LogP contribution in [0.3, 0.4) is 0 Å². The Hall–Kier alpha value is -1.80. The monoisotopic (exact) mass is 351 g/mol. The first kappa shape index (κ1) is 17.0. The molecule has 7 nitrogen and oxygen atoms in total. The molecule has 2 aliphatic heterocycles. The lowest BCUT2D eigenvalue weighted by molar-refractivity contribution is 0.0602. The van der Waals surface area contributed by atoms with E-state index in [4.69, 9.17) is 9.84 Å². The van der Waals surface area contributed by atoms with Crippen LogP contribution in [0.2, 0.25) is 0 Å². The van der Waals surface area contributed by atoms with Crippen LogP contribution < -0.4 is 4.74 Å². The van der Waals surface area contributed by atoms with Crippen molar-refractivity contribution < 1.29 is 19.2 Å². The SMILES string of the molecule is CC(C)(C)[S@@+]([O-])/N=C1\c2cccnc2OC12CCN(C(=O)O)CC2. The van der Waals surface area contributed by atoms with Gasteiger partial charge in [-0.05, 0) is 32.9 Å². The third-order valence-corrected chi connectivity index (χ3v) is 5.69. The first-order chi connectivity index (χ1) is 11.2. The number of ether oxygens (including phenoxy) is 1. The van der Waals surface area contributed by atoms with Crippen molar-refractivity contribution in [3.05, 3.63) is 23.9 Å². The van der Waals surface area contributed by atoms with Crippen molar-refractivity contribution >= 4 is 23.2 Å². The number of likely N-dealkylation sites (tertiary alicyclic amines) is 1. The Morgan fingerprint density at radius 1 is 1.46 bits per heavy atom. The van der Waals surface area contributed by atoms with Gasteiger partial charge in [0.1, 0.15) is 21.8 Å². The maximum Gasteiger partial charge on any atom is 0.407 e. The first-order valence-corrected chi connectivity index (χ1v) is 8.97. The number of fused-ring (bicyclic) bond motifs is 1. The van der Waals surface area contributed by atoms with Crippen molar-refractivity contribution in [3.63, 3.8) is 0 Å². The Morgan fingerprint density at radius 3 is 2.71 bits per heavy atom. The normalized spacial score (nSPS) is 22.3. The molecule has 24 heavy (non-hydrogen) atoms. The molecule has 1 fully saturated rings. The highest BCUT2D eigenvalue weighted by molar-refractivity contribution is 7.91. The number of aromatic nitrogens is 1. The van der Waals surface area contributed by atoms with Gasteiger partial charge in [-0.1, -0.05) is 4.40 Å². The van der Waals surface area contributed by atoms with Crippen molar-refractivity contribution in [2.24, 2.45) is 4.40 Å². The molecule has 0 radical (unpaired) electrons. The predicted octanol–water partition coefficient (Wildman–Crippen LogP) is 2.24. The summed E-state index contributed by atoms with van der Waals surface area (Å²) in [4.78, 5) is 16.8. The van der Waals surface area contributed by atoms with E-state index in [-0.39, 0.29) is 0 Å². The molecular weight excluding hydrogens is 330 g/mol. The molecule has 1 atom stereocenters. The average molecular weight is 351 g/mol. The largest absolute Gasteiger partial charge is 0.591 e. The van der Waals surface area contributed by atoms with Crippen molar-refractivity contribution in [3.8, 4) is 5.88 Å². The number of hydrogen-bond donors (Lipinski definition) is 1. The molecule has 0 unspecified atom stereocenters. The van der Waals surface area contributed by atoms with Crippen LogP contribution in [0.15, 0.2) is 22.7 Å². The molecule has 2 aliphatic rings. The Balaban J connectivity index is 1.98. The molecule has 1 aromatic rings. The number of hydrogen-bond acceptors (Lipinski definition) is 5. The molecule has 0 bridgehead atoms. The summed E-state index contributed by atoms with van der Waals surface area (Å²) in [5.74, 6) is 0.478. The number of piperidine rings is 1. The highest BCUT2D eigenvalue weighted by Gasteiger charge is 2.51. The Bertz CT molecular complexity index is 678. The van der Waals surface area contributed by atoms with Crippen LogP contribution in [0.25, 0.3) is 0 Å². The first-order valence-electron chi connectivity index (χ1n) is 7.86. The maximum absolute atomic E-state index is 12.6. The number of carboxylic acid groups (broad SMARTS) is 1. The van der Waals surface area contributed by atoms with Crippen molar-refractivity contribution in [2.45, 2.75) is 44.0 Å². The van der Waals surface area contributed by atoms with Crippen molar-refractivity contribution in [1.82, 2.24) is 9.88 Å². The number of nitrogens with zero attached hydrogens (tertiary/aromatic N) is 3. The molecule has 1 N–H and O–H groups in total. The van der Waals surface area contributed by atoms with E-state index in [2.05, 4.69) is 9.38 Å². The number of pyridine rings is 1. The van der Waals surface area contributed by atoms with E-state index in [0.717, 1.165) is 5.56 Å². The maximum atomic E-state index is 12.6. The molecule has 1 saturated heterocycles. The van der Waals surface area contributed by atoms with Gasteiger partial charge in [0.25, 0.3) is 0 Å². The van der Waals surface area contributed by atoms with Gasteiger partial charge in [0.05, 0.1) is 5.56 Å². The summed E-state index contributed by atoms with van der Waals surface area (Å²) in [6.45, 7) is 6.31. The number of amides is 1. The molecule has 1 spiro atoms. The second-order valence-electron chi connectivity index (χ2n) is 7.02. The van der Waals surface area contributed by atoms with Crippen LogP contribution in [0.4, 0.5) is 4.79 Å². The van der Waals surface area contributed by atoms with Crippen molar-refractivity contribution in [2.75, 3.05) is 13.1 Å². The summed E-state index contributed by atoms with van der Waals surface area (Å²) in [6, 6.07) is 3.66. The summed E-state index contributed by atoms with van der Waals surface area (Å²) in [5, 5.41) is 9.15. The van der Waals surface area contributed by atoms with E-state index < -0.39 is 27.8 Å². The van der Waals surface area contributed by atoms with E-state index in [1.807, 2.05) is 26.8 Å². The minimum atomic E-state index is -1.43. The molecule has 1 amide bonds. The Labute approximate surface area is 144 Å². The van der Waals surface area contributed by atoms with Crippen LogP contribution in [0.5, 0.6) is 5.88 Å². The quantitative estimate of drug-likeness (QED) is 0.783. The van der Waals surface area contributed by atoms with Crippen LogP contribution >= 0.6 is 0 Å². The molecule has 130 valence electrons. The molecule has 3 heterocycles. The fourth-order valence-corrected chi connectivity index (χ4v) is 3.59. The fraction of sp³-hybridized carbons (Fsp3) is 0.562. The number of rotatable bonds is 1. The smallest absolute Gasteiger partial charge is 0.407 e. The summed E-state index contributed by atoms with van der Waals surface area (Å²) in [6.07, 6.45) is 1.64. The van der Waals surface area contributed by atoms with Gasteiger partial charge in [0.15, 0.2) is 5.60 Å². The van der Waals surface area contributed by atoms with Crippen molar-refractivity contribution in [1.29, 1.82) is 0 Å². The highest BCUT2D eigenvalue weighted by atomic mass is 32.2. The van der Waals surface area contributed by atoms with E-state index in [1.54, 1.807) is 12.3 Å². The van der Waals surface area contributed by atoms with Gasteiger partial charge < -0.3 is 19.3 Å².